The third kappa shape index (κ3) is 2.80. The van der Waals surface area contributed by atoms with Crippen LogP contribution in [0, 0.1) is 6.92 Å². The van der Waals surface area contributed by atoms with E-state index >= 15 is 0 Å². The second-order valence-corrected chi connectivity index (χ2v) is 5.96. The zero-order valence-electron chi connectivity index (χ0n) is 11.8. The van der Waals surface area contributed by atoms with E-state index in [9.17, 15) is 0 Å². The summed E-state index contributed by atoms with van der Waals surface area (Å²) in [6.45, 7) is 2.07. The highest BCUT2D eigenvalue weighted by Crippen LogP contribution is 2.34. The molecule has 1 atom stereocenters. The van der Waals surface area contributed by atoms with Gasteiger partial charge in [-0.25, -0.2) is 0 Å². The van der Waals surface area contributed by atoms with Crippen LogP contribution < -0.4 is 11.5 Å². The van der Waals surface area contributed by atoms with Crippen LogP contribution in [0.5, 0.6) is 0 Å². The van der Waals surface area contributed by atoms with Gasteiger partial charge in [0.05, 0.1) is 11.4 Å². The summed E-state index contributed by atoms with van der Waals surface area (Å²) in [6.07, 6.45) is 3.60. The number of thiophene rings is 1. The highest BCUT2D eigenvalue weighted by Gasteiger charge is 2.27. The van der Waals surface area contributed by atoms with Gasteiger partial charge in [0.15, 0.2) is 0 Å². The van der Waals surface area contributed by atoms with Crippen molar-refractivity contribution in [3.63, 3.8) is 0 Å². The van der Waals surface area contributed by atoms with Gasteiger partial charge in [0.25, 0.3) is 0 Å². The summed E-state index contributed by atoms with van der Waals surface area (Å²) in [7, 11) is 0. The van der Waals surface area contributed by atoms with Crippen LogP contribution >= 0.6 is 11.3 Å². The Bertz CT molecular complexity index is 699. The first-order valence-electron chi connectivity index (χ1n) is 6.77. The molecule has 1 aliphatic rings. The number of fused-ring (bicyclic) bond motifs is 1. The molecule has 21 heavy (non-hydrogen) atoms. The fraction of sp³-hybridized carbons (Fsp3) is 0.267. The second kappa shape index (κ2) is 5.65. The van der Waals surface area contributed by atoms with Crippen molar-refractivity contribution in [2.24, 2.45) is 21.7 Å². The summed E-state index contributed by atoms with van der Waals surface area (Å²) in [5.74, 6) is 0.356. The maximum atomic E-state index is 5.40. The van der Waals surface area contributed by atoms with Crippen molar-refractivity contribution in [2.75, 3.05) is 0 Å². The summed E-state index contributed by atoms with van der Waals surface area (Å²) < 4.78 is 0. The van der Waals surface area contributed by atoms with Gasteiger partial charge < -0.3 is 11.5 Å². The first kappa shape index (κ1) is 13.8. The molecule has 0 bridgehead atoms. The molecule has 0 aromatic carbocycles. The van der Waals surface area contributed by atoms with E-state index in [1.54, 1.807) is 11.3 Å². The number of aryl methyl sites for hydroxylation is 1. The number of aromatic nitrogens is 1. The van der Waals surface area contributed by atoms with E-state index in [1.807, 2.05) is 12.3 Å². The molecule has 1 unspecified atom stereocenters. The van der Waals surface area contributed by atoms with Crippen LogP contribution in [0.15, 0.2) is 39.3 Å². The number of nitrogens with two attached hydrogens (primary N) is 2. The van der Waals surface area contributed by atoms with Gasteiger partial charge in [-0.3, -0.25) is 4.98 Å². The van der Waals surface area contributed by atoms with Gasteiger partial charge in [-0.05, 0) is 59.7 Å². The zero-order chi connectivity index (χ0) is 14.8. The van der Waals surface area contributed by atoms with E-state index in [4.69, 9.17) is 11.5 Å². The summed E-state index contributed by atoms with van der Waals surface area (Å²) in [4.78, 5) is 4.53. The second-order valence-electron chi connectivity index (χ2n) is 5.18. The largest absolute Gasteiger partial charge is 0.369 e. The summed E-state index contributed by atoms with van der Waals surface area (Å²) in [5, 5.41) is 12.4. The van der Waals surface area contributed by atoms with Gasteiger partial charge in [0, 0.05) is 11.8 Å². The lowest BCUT2D eigenvalue weighted by Crippen LogP contribution is -2.24. The number of hydrogen-bond acceptors (Lipinski definition) is 4. The topological polar surface area (TPSA) is 89.6 Å². The Balaban J connectivity index is 2.06. The van der Waals surface area contributed by atoms with Gasteiger partial charge >= 0.3 is 0 Å². The molecule has 0 aliphatic heterocycles. The Morgan fingerprint density at radius 3 is 2.90 bits per heavy atom. The molecular formula is C15H17N5S. The summed E-state index contributed by atoms with van der Waals surface area (Å²) in [5.41, 5.74) is 16.4. The van der Waals surface area contributed by atoms with E-state index in [1.165, 1.54) is 5.56 Å². The number of nitrogens with zero attached hydrogens (tertiary/aromatic N) is 3. The lowest BCUT2D eigenvalue weighted by atomic mass is 9.81. The van der Waals surface area contributed by atoms with Crippen molar-refractivity contribution in [3.8, 4) is 0 Å². The van der Waals surface area contributed by atoms with E-state index in [0.29, 0.717) is 5.92 Å². The van der Waals surface area contributed by atoms with Gasteiger partial charge in [0.1, 0.15) is 0 Å². The molecular weight excluding hydrogens is 282 g/mol. The molecule has 3 rings (SSSR count). The van der Waals surface area contributed by atoms with Gasteiger partial charge in [-0.1, -0.05) is 0 Å². The molecule has 2 heterocycles. The molecule has 0 spiro atoms. The fourth-order valence-electron chi connectivity index (χ4n) is 2.76. The SMILES string of the molecule is Cc1ccnc2c1C(=NN=C(N)N)CC(c1ccsc1)C2. The Morgan fingerprint density at radius 2 is 2.19 bits per heavy atom. The van der Waals surface area contributed by atoms with Gasteiger partial charge in [-0.15, -0.1) is 5.10 Å². The quantitative estimate of drug-likeness (QED) is 0.506. The standard InChI is InChI=1S/C15H17N5S/c1-9-2-4-18-12-6-11(10-3-5-21-8-10)7-13(14(9)12)19-20-15(16)17/h2-5,8,11H,6-7H2,1H3,(H4,16,17,20). The highest BCUT2D eigenvalue weighted by atomic mass is 32.1. The third-order valence-electron chi connectivity index (χ3n) is 3.71. The maximum absolute atomic E-state index is 5.40. The van der Waals surface area contributed by atoms with Crippen LogP contribution in [0.2, 0.25) is 0 Å². The molecule has 4 N–H and O–H groups in total. The molecule has 0 fully saturated rings. The van der Waals surface area contributed by atoms with Crippen LogP contribution in [-0.4, -0.2) is 16.7 Å². The molecule has 2 aromatic rings. The molecule has 108 valence electrons. The van der Waals surface area contributed by atoms with Gasteiger partial charge in [0.2, 0.25) is 5.96 Å². The summed E-state index contributed by atoms with van der Waals surface area (Å²) >= 11 is 1.71. The first-order valence-corrected chi connectivity index (χ1v) is 7.72. The zero-order valence-corrected chi connectivity index (χ0v) is 12.6. The minimum absolute atomic E-state index is 0.0248. The van der Waals surface area contributed by atoms with E-state index in [0.717, 1.165) is 35.4 Å². The van der Waals surface area contributed by atoms with E-state index in [-0.39, 0.29) is 5.96 Å². The van der Waals surface area contributed by atoms with Crippen molar-refractivity contribution >= 4 is 23.0 Å². The molecule has 5 nitrogen and oxygen atoms in total. The van der Waals surface area contributed by atoms with Crippen LogP contribution in [0.25, 0.3) is 0 Å². The highest BCUT2D eigenvalue weighted by molar-refractivity contribution is 7.08. The Labute approximate surface area is 127 Å². The van der Waals surface area contributed by atoms with Crippen molar-refractivity contribution in [3.05, 3.63) is 51.5 Å². The van der Waals surface area contributed by atoms with Crippen molar-refractivity contribution in [1.82, 2.24) is 4.98 Å². The summed E-state index contributed by atoms with van der Waals surface area (Å²) in [6, 6.07) is 4.16. The maximum Gasteiger partial charge on any atom is 0.211 e. The van der Waals surface area contributed by atoms with Crippen molar-refractivity contribution in [1.29, 1.82) is 0 Å². The van der Waals surface area contributed by atoms with Crippen LogP contribution in [-0.2, 0) is 6.42 Å². The van der Waals surface area contributed by atoms with Crippen molar-refractivity contribution in [2.45, 2.75) is 25.7 Å². The molecule has 0 radical (unpaired) electrons. The van der Waals surface area contributed by atoms with Crippen LogP contribution in [0.4, 0.5) is 0 Å². The molecule has 0 saturated heterocycles. The molecule has 0 amide bonds. The normalized spacial score (nSPS) is 19.3. The number of guanidine groups is 1. The minimum Gasteiger partial charge on any atom is -0.369 e. The molecule has 6 heteroatoms. The van der Waals surface area contributed by atoms with E-state index in [2.05, 4.69) is 38.9 Å². The van der Waals surface area contributed by atoms with Crippen molar-refractivity contribution < 1.29 is 0 Å². The number of hydrogen-bond donors (Lipinski definition) is 2. The predicted octanol–water partition coefficient (Wildman–Crippen LogP) is 2.16. The smallest absolute Gasteiger partial charge is 0.211 e. The van der Waals surface area contributed by atoms with Gasteiger partial charge in [-0.2, -0.15) is 16.4 Å². The predicted molar refractivity (Wildman–Crippen MR) is 86.7 cm³/mol. The Kier molecular flexibility index (Phi) is 3.70. The fourth-order valence-corrected chi connectivity index (χ4v) is 3.50. The molecule has 2 aromatic heterocycles. The lowest BCUT2D eigenvalue weighted by Gasteiger charge is -2.25. The molecule has 0 saturated carbocycles. The third-order valence-corrected chi connectivity index (χ3v) is 4.41. The average molecular weight is 299 g/mol. The minimum atomic E-state index is -0.0248. The monoisotopic (exact) mass is 299 g/mol. The Morgan fingerprint density at radius 1 is 1.33 bits per heavy atom. The first-order chi connectivity index (χ1) is 10.1. The number of pyridine rings is 1. The number of rotatable bonds is 2. The Hall–Kier alpha value is -2.21. The van der Waals surface area contributed by atoms with Crippen LogP contribution in [0.3, 0.4) is 0 Å². The molecule has 1 aliphatic carbocycles. The average Bonchev–Trinajstić information content (AvgIpc) is 2.98. The van der Waals surface area contributed by atoms with Crippen LogP contribution in [0.1, 0.15) is 34.7 Å². The lowest BCUT2D eigenvalue weighted by molar-refractivity contribution is 0.679. The van der Waals surface area contributed by atoms with E-state index < -0.39 is 0 Å².